The van der Waals surface area contributed by atoms with Gasteiger partial charge in [-0.05, 0) is 49.2 Å². The van der Waals surface area contributed by atoms with Gasteiger partial charge in [0.25, 0.3) is 5.91 Å². The molecule has 9 heteroatoms. The van der Waals surface area contributed by atoms with Gasteiger partial charge in [0.2, 0.25) is 0 Å². The second-order valence-corrected chi connectivity index (χ2v) is 7.06. The minimum atomic E-state index is -0.782. The Hall–Kier alpha value is -3.49. The summed E-state index contributed by atoms with van der Waals surface area (Å²) in [5, 5.41) is 0. The smallest absolute Gasteiger partial charge is 0.420 e. The number of piperidine rings is 1. The van der Waals surface area contributed by atoms with Gasteiger partial charge in [-0.2, -0.15) is 0 Å². The number of rotatable bonds is 3. The van der Waals surface area contributed by atoms with Crippen molar-refractivity contribution in [3.05, 3.63) is 69.7 Å². The van der Waals surface area contributed by atoms with Crippen LogP contribution in [-0.4, -0.2) is 41.5 Å². The Balaban J connectivity index is 1.57. The van der Waals surface area contributed by atoms with E-state index in [9.17, 15) is 23.2 Å². The van der Waals surface area contributed by atoms with Crippen LogP contribution in [0.5, 0.6) is 0 Å². The topological polar surface area (TPSA) is 81.8 Å². The minimum Gasteiger partial charge on any atom is -0.465 e. The summed E-state index contributed by atoms with van der Waals surface area (Å²) in [6.45, 7) is 0.518. The quantitative estimate of drug-likeness (QED) is 0.613. The van der Waals surface area contributed by atoms with E-state index in [-0.39, 0.29) is 30.3 Å². The number of benzene rings is 2. The molecule has 1 amide bonds. The van der Waals surface area contributed by atoms with Crippen LogP contribution >= 0.6 is 0 Å². The molecule has 1 aromatic heterocycles. The van der Waals surface area contributed by atoms with E-state index in [0.29, 0.717) is 23.9 Å². The SMILES string of the molecule is COC(=O)c1ccc2oc(=O)n(C3CCN(C(=O)c4cc(F)ccc4F)CC3)c2c1. The maximum Gasteiger partial charge on any atom is 0.420 e. The Morgan fingerprint density at radius 1 is 1.10 bits per heavy atom. The van der Waals surface area contributed by atoms with E-state index in [0.717, 1.165) is 18.2 Å². The second kappa shape index (κ2) is 7.74. The van der Waals surface area contributed by atoms with Gasteiger partial charge in [-0.1, -0.05) is 0 Å². The number of fused-ring (bicyclic) bond motifs is 1. The van der Waals surface area contributed by atoms with E-state index in [1.165, 1.54) is 34.8 Å². The molecule has 0 N–H and O–H groups in total. The third-order valence-corrected chi connectivity index (χ3v) is 5.31. The van der Waals surface area contributed by atoms with Crippen molar-refractivity contribution in [2.45, 2.75) is 18.9 Å². The first-order valence-electron chi connectivity index (χ1n) is 9.36. The molecule has 0 radical (unpaired) electrons. The molecule has 3 aromatic rings. The fourth-order valence-electron chi connectivity index (χ4n) is 3.78. The molecule has 0 unspecified atom stereocenters. The van der Waals surface area contributed by atoms with Crippen molar-refractivity contribution < 1.29 is 27.5 Å². The summed E-state index contributed by atoms with van der Waals surface area (Å²) >= 11 is 0. The lowest BCUT2D eigenvalue weighted by Crippen LogP contribution is -2.40. The lowest BCUT2D eigenvalue weighted by molar-refractivity contribution is 0.0599. The summed E-state index contributed by atoms with van der Waals surface area (Å²) in [5.41, 5.74) is 0.771. The van der Waals surface area contributed by atoms with Gasteiger partial charge in [0, 0.05) is 19.1 Å². The monoisotopic (exact) mass is 416 g/mol. The number of aromatic nitrogens is 1. The van der Waals surface area contributed by atoms with E-state index in [2.05, 4.69) is 0 Å². The first-order valence-corrected chi connectivity index (χ1v) is 9.36. The first-order chi connectivity index (χ1) is 14.4. The molecular weight excluding hydrogens is 398 g/mol. The van der Waals surface area contributed by atoms with Crippen molar-refractivity contribution in [2.75, 3.05) is 20.2 Å². The molecule has 1 aliphatic heterocycles. The zero-order valence-corrected chi connectivity index (χ0v) is 16.1. The number of oxazole rings is 1. The number of halogens is 2. The molecule has 30 heavy (non-hydrogen) atoms. The highest BCUT2D eigenvalue weighted by Gasteiger charge is 2.29. The molecule has 7 nitrogen and oxygen atoms in total. The minimum absolute atomic E-state index is 0.259. The van der Waals surface area contributed by atoms with Gasteiger partial charge in [0.15, 0.2) is 5.58 Å². The zero-order valence-electron chi connectivity index (χ0n) is 16.1. The van der Waals surface area contributed by atoms with Crippen molar-refractivity contribution >= 4 is 23.0 Å². The van der Waals surface area contributed by atoms with Crippen molar-refractivity contribution in [2.24, 2.45) is 0 Å². The van der Waals surface area contributed by atoms with Crippen LogP contribution in [0.4, 0.5) is 8.78 Å². The van der Waals surface area contributed by atoms with Gasteiger partial charge in [-0.15, -0.1) is 0 Å². The van der Waals surface area contributed by atoms with Crippen LogP contribution in [0.2, 0.25) is 0 Å². The molecule has 0 aliphatic carbocycles. The fraction of sp³-hybridized carbons (Fsp3) is 0.286. The summed E-state index contributed by atoms with van der Waals surface area (Å²) in [6.07, 6.45) is 0.833. The largest absolute Gasteiger partial charge is 0.465 e. The Bertz CT molecular complexity index is 1190. The number of carbonyl (C=O) groups is 2. The fourth-order valence-corrected chi connectivity index (χ4v) is 3.78. The maximum absolute atomic E-state index is 13.9. The molecule has 1 aliphatic rings. The summed E-state index contributed by atoms with van der Waals surface area (Å²) in [6, 6.07) is 7.06. The van der Waals surface area contributed by atoms with Gasteiger partial charge >= 0.3 is 11.7 Å². The molecule has 0 saturated carbocycles. The lowest BCUT2D eigenvalue weighted by atomic mass is 10.0. The number of ether oxygens (including phenoxy) is 1. The Morgan fingerprint density at radius 3 is 2.53 bits per heavy atom. The van der Waals surface area contributed by atoms with E-state index < -0.39 is 29.3 Å². The number of esters is 1. The standard InChI is InChI=1S/C21H18F2N2O5/c1-29-20(27)12-2-5-18-17(10-12)25(21(28)30-18)14-6-8-24(9-7-14)19(26)15-11-13(22)3-4-16(15)23/h2-5,10-11,14H,6-9H2,1H3. The Morgan fingerprint density at radius 2 is 1.83 bits per heavy atom. The molecule has 2 heterocycles. The number of carbonyl (C=O) groups excluding carboxylic acids is 2. The van der Waals surface area contributed by atoms with Crippen molar-refractivity contribution in [1.29, 1.82) is 0 Å². The molecule has 2 aromatic carbocycles. The molecule has 0 atom stereocenters. The highest BCUT2D eigenvalue weighted by Crippen LogP contribution is 2.27. The summed E-state index contributed by atoms with van der Waals surface area (Å²) in [5.74, 6) is -3.16. The van der Waals surface area contributed by atoms with Gasteiger partial charge in [-0.25, -0.2) is 18.4 Å². The van der Waals surface area contributed by atoms with Gasteiger partial charge < -0.3 is 14.1 Å². The van der Waals surface area contributed by atoms with Crippen LogP contribution in [-0.2, 0) is 4.74 Å². The molecule has 1 fully saturated rings. The lowest BCUT2D eigenvalue weighted by Gasteiger charge is -2.32. The predicted octanol–water partition coefficient (Wildman–Crippen LogP) is 3.14. The zero-order chi connectivity index (χ0) is 21.4. The number of hydrogen-bond acceptors (Lipinski definition) is 5. The van der Waals surface area contributed by atoms with E-state index in [4.69, 9.17) is 9.15 Å². The average molecular weight is 416 g/mol. The summed E-state index contributed by atoms with van der Waals surface area (Å²) in [7, 11) is 1.27. The van der Waals surface area contributed by atoms with Crippen LogP contribution in [0.25, 0.3) is 11.1 Å². The van der Waals surface area contributed by atoms with Crippen LogP contribution in [0.1, 0.15) is 39.6 Å². The van der Waals surface area contributed by atoms with Crippen molar-refractivity contribution in [3.63, 3.8) is 0 Å². The third-order valence-electron chi connectivity index (χ3n) is 5.31. The predicted molar refractivity (Wildman–Crippen MR) is 102 cm³/mol. The maximum atomic E-state index is 13.9. The number of likely N-dealkylation sites (tertiary alicyclic amines) is 1. The first kappa shape index (κ1) is 19.8. The number of nitrogens with zero attached hydrogens (tertiary/aromatic N) is 2. The molecule has 0 bridgehead atoms. The van der Waals surface area contributed by atoms with Crippen molar-refractivity contribution in [3.8, 4) is 0 Å². The van der Waals surface area contributed by atoms with Crippen molar-refractivity contribution in [1.82, 2.24) is 9.47 Å². The molecular formula is C21H18F2N2O5. The van der Waals surface area contributed by atoms with Crippen LogP contribution in [0.3, 0.4) is 0 Å². The average Bonchev–Trinajstić information content (AvgIpc) is 3.09. The number of amides is 1. The third kappa shape index (κ3) is 3.47. The van der Waals surface area contributed by atoms with Crippen LogP contribution < -0.4 is 5.76 Å². The number of hydrogen-bond donors (Lipinski definition) is 0. The van der Waals surface area contributed by atoms with Gasteiger partial charge in [0.1, 0.15) is 11.6 Å². The molecule has 4 rings (SSSR count). The highest BCUT2D eigenvalue weighted by atomic mass is 19.1. The van der Waals surface area contributed by atoms with E-state index in [1.807, 2.05) is 0 Å². The van der Waals surface area contributed by atoms with E-state index in [1.54, 1.807) is 0 Å². The van der Waals surface area contributed by atoms with Gasteiger partial charge in [0.05, 0.1) is 23.8 Å². The second-order valence-electron chi connectivity index (χ2n) is 7.06. The Labute approximate surface area is 169 Å². The van der Waals surface area contributed by atoms with Crippen LogP contribution in [0.15, 0.2) is 45.6 Å². The molecule has 1 saturated heterocycles. The molecule has 0 spiro atoms. The normalized spacial score (nSPS) is 14.8. The molecule has 156 valence electrons. The highest BCUT2D eigenvalue weighted by molar-refractivity contribution is 5.94. The number of methoxy groups -OCH3 is 1. The van der Waals surface area contributed by atoms with E-state index >= 15 is 0 Å². The van der Waals surface area contributed by atoms with Crippen LogP contribution in [0, 0.1) is 11.6 Å². The summed E-state index contributed by atoms with van der Waals surface area (Å²) < 4.78 is 38.8. The van der Waals surface area contributed by atoms with Gasteiger partial charge in [-0.3, -0.25) is 9.36 Å². The Kier molecular flexibility index (Phi) is 5.11. The summed E-state index contributed by atoms with van der Waals surface area (Å²) in [4.78, 5) is 38.2.